The second-order valence-corrected chi connectivity index (χ2v) is 1.67. The number of terminal acetylenes is 1. The molecule has 0 aliphatic heterocycles. The van der Waals surface area contributed by atoms with Gasteiger partial charge < -0.3 is 10.4 Å². The Morgan fingerprint density at radius 1 is 1.70 bits per heavy atom. The number of carbonyl (C=O) groups excluding carboxylic acids is 1. The molecule has 0 fully saturated rings. The predicted molar refractivity (Wildman–Crippen MR) is 34.1 cm³/mol. The number of aliphatic carboxylic acids is 1. The van der Waals surface area contributed by atoms with E-state index in [4.69, 9.17) is 11.5 Å². The summed E-state index contributed by atoms with van der Waals surface area (Å²) in [6.45, 7) is 1.51. The number of rotatable bonds is 1. The molecule has 0 aromatic carbocycles. The van der Waals surface area contributed by atoms with Crippen LogP contribution in [0.15, 0.2) is 0 Å². The third-order valence-corrected chi connectivity index (χ3v) is 0.792. The number of carboxylic acid groups (broad SMARTS) is 1. The summed E-state index contributed by atoms with van der Waals surface area (Å²) < 4.78 is 0. The van der Waals surface area contributed by atoms with Crippen molar-refractivity contribution >= 4 is 11.9 Å². The molecule has 0 spiro atoms. The molecule has 10 heavy (non-hydrogen) atoms. The van der Waals surface area contributed by atoms with Gasteiger partial charge in [-0.05, 0) is 6.92 Å². The first-order valence-electron chi connectivity index (χ1n) is 2.58. The highest BCUT2D eigenvalue weighted by atomic mass is 16.4. The number of nitrogens with one attached hydrogen (secondary N) is 1. The molecule has 0 aliphatic carbocycles. The van der Waals surface area contributed by atoms with Gasteiger partial charge in [0.1, 0.15) is 0 Å². The maximum Gasteiger partial charge on any atom is 0.394 e. The van der Waals surface area contributed by atoms with Gasteiger partial charge >= 0.3 is 11.9 Å². The van der Waals surface area contributed by atoms with E-state index in [9.17, 15) is 9.59 Å². The van der Waals surface area contributed by atoms with Crippen LogP contribution >= 0.6 is 0 Å². The molecule has 1 unspecified atom stereocenters. The average Bonchev–Trinajstić information content (AvgIpc) is 1.87. The Hall–Kier alpha value is -1.50. The fraction of sp³-hybridized carbons (Fsp3) is 0.333. The van der Waals surface area contributed by atoms with E-state index in [0.29, 0.717) is 0 Å². The van der Waals surface area contributed by atoms with Crippen molar-refractivity contribution in [1.82, 2.24) is 5.32 Å². The second-order valence-electron chi connectivity index (χ2n) is 1.67. The normalized spacial score (nSPS) is 11.2. The average molecular weight is 141 g/mol. The lowest BCUT2D eigenvalue weighted by Gasteiger charge is -2.02. The molecule has 54 valence electrons. The van der Waals surface area contributed by atoms with Crippen molar-refractivity contribution in [3.05, 3.63) is 0 Å². The summed E-state index contributed by atoms with van der Waals surface area (Å²) in [5.74, 6) is -0.449. The molecule has 0 saturated carbocycles. The van der Waals surface area contributed by atoms with Crippen LogP contribution in [0, 0.1) is 12.3 Å². The molecule has 0 aromatic heterocycles. The topological polar surface area (TPSA) is 66.4 Å². The van der Waals surface area contributed by atoms with Crippen LogP contribution < -0.4 is 5.32 Å². The van der Waals surface area contributed by atoms with Crippen LogP contribution in [-0.2, 0) is 9.59 Å². The molecule has 0 heterocycles. The summed E-state index contributed by atoms with van der Waals surface area (Å²) in [6, 6.07) is -0.538. The van der Waals surface area contributed by atoms with E-state index in [1.165, 1.54) is 6.92 Å². The zero-order valence-electron chi connectivity index (χ0n) is 5.42. The van der Waals surface area contributed by atoms with Gasteiger partial charge in [0.15, 0.2) is 0 Å². The maximum atomic E-state index is 10.3. The highest BCUT2D eigenvalue weighted by Gasteiger charge is 2.11. The van der Waals surface area contributed by atoms with Crippen molar-refractivity contribution in [2.75, 3.05) is 0 Å². The Labute approximate surface area is 58.2 Å². The van der Waals surface area contributed by atoms with Crippen molar-refractivity contribution in [3.8, 4) is 12.3 Å². The summed E-state index contributed by atoms with van der Waals surface area (Å²) in [7, 11) is 0. The predicted octanol–water partition coefficient (Wildman–Crippen LogP) is -0.791. The van der Waals surface area contributed by atoms with Gasteiger partial charge in [0.25, 0.3) is 0 Å². The van der Waals surface area contributed by atoms with Gasteiger partial charge in [-0.2, -0.15) is 0 Å². The number of hydrogen-bond donors (Lipinski definition) is 2. The van der Waals surface area contributed by atoms with E-state index in [1.54, 1.807) is 0 Å². The van der Waals surface area contributed by atoms with E-state index < -0.39 is 17.9 Å². The first-order valence-corrected chi connectivity index (χ1v) is 2.58. The molecule has 0 radical (unpaired) electrons. The minimum absolute atomic E-state index is 0.538. The van der Waals surface area contributed by atoms with E-state index in [1.807, 2.05) is 0 Å². The molecule has 4 heteroatoms. The number of carbonyl (C=O) groups is 2. The third kappa shape index (κ3) is 2.72. The molecule has 4 nitrogen and oxygen atoms in total. The standard InChI is InChI=1S/C6H7NO3/c1-3-4(2)7-5(8)6(9)10/h1,4H,2H3,(H,7,8)(H,9,10). The SMILES string of the molecule is C#CC(C)NC(=O)C(=O)O. The van der Waals surface area contributed by atoms with Gasteiger partial charge in [-0.1, -0.05) is 5.92 Å². The Bertz CT molecular complexity index is 192. The molecule has 1 atom stereocenters. The van der Waals surface area contributed by atoms with Crippen LogP contribution in [0.3, 0.4) is 0 Å². The lowest BCUT2D eigenvalue weighted by atomic mass is 10.3. The Morgan fingerprint density at radius 2 is 2.20 bits per heavy atom. The minimum Gasteiger partial charge on any atom is -0.474 e. The lowest BCUT2D eigenvalue weighted by molar-refractivity contribution is -0.150. The van der Waals surface area contributed by atoms with Crippen LogP contribution in [0.2, 0.25) is 0 Å². The van der Waals surface area contributed by atoms with Gasteiger partial charge in [-0.25, -0.2) is 4.79 Å². The summed E-state index contributed by atoms with van der Waals surface area (Å²) in [5.41, 5.74) is 0. The first kappa shape index (κ1) is 8.50. The third-order valence-electron chi connectivity index (χ3n) is 0.792. The molecule has 0 bridgehead atoms. The molecule has 0 aliphatic rings. The maximum absolute atomic E-state index is 10.3. The van der Waals surface area contributed by atoms with Gasteiger partial charge in [0.2, 0.25) is 0 Å². The zero-order chi connectivity index (χ0) is 8.15. The van der Waals surface area contributed by atoms with Crippen LogP contribution in [0.4, 0.5) is 0 Å². The number of hydrogen-bond acceptors (Lipinski definition) is 2. The molecule has 1 amide bonds. The van der Waals surface area contributed by atoms with E-state index in [2.05, 4.69) is 11.2 Å². The van der Waals surface area contributed by atoms with Crippen LogP contribution in [0.1, 0.15) is 6.92 Å². The second kappa shape index (κ2) is 3.51. The summed E-state index contributed by atoms with van der Waals surface area (Å²) >= 11 is 0. The molecular weight excluding hydrogens is 134 g/mol. The fourth-order valence-corrected chi connectivity index (χ4v) is 0.300. The van der Waals surface area contributed by atoms with Gasteiger partial charge in [0.05, 0.1) is 6.04 Å². The Morgan fingerprint density at radius 3 is 2.50 bits per heavy atom. The lowest BCUT2D eigenvalue weighted by Crippen LogP contribution is -2.36. The Kier molecular flexibility index (Phi) is 2.98. The van der Waals surface area contributed by atoms with Crippen molar-refractivity contribution in [3.63, 3.8) is 0 Å². The van der Waals surface area contributed by atoms with Gasteiger partial charge in [-0.15, -0.1) is 6.42 Å². The van der Waals surface area contributed by atoms with Gasteiger partial charge in [-0.3, -0.25) is 4.79 Å². The highest BCUT2D eigenvalue weighted by Crippen LogP contribution is 1.76. The number of amides is 1. The van der Waals surface area contributed by atoms with Crippen molar-refractivity contribution < 1.29 is 14.7 Å². The molecular formula is C6H7NO3. The fourth-order valence-electron chi connectivity index (χ4n) is 0.300. The molecule has 0 rings (SSSR count). The molecule has 2 N–H and O–H groups in total. The van der Waals surface area contributed by atoms with Crippen molar-refractivity contribution in [2.45, 2.75) is 13.0 Å². The van der Waals surface area contributed by atoms with Crippen LogP contribution in [0.25, 0.3) is 0 Å². The molecule has 0 aromatic rings. The minimum atomic E-state index is -1.53. The van der Waals surface area contributed by atoms with E-state index in [-0.39, 0.29) is 0 Å². The van der Waals surface area contributed by atoms with Crippen LogP contribution in [-0.4, -0.2) is 23.0 Å². The van der Waals surface area contributed by atoms with Crippen molar-refractivity contribution in [2.24, 2.45) is 0 Å². The van der Waals surface area contributed by atoms with Crippen molar-refractivity contribution in [1.29, 1.82) is 0 Å². The zero-order valence-corrected chi connectivity index (χ0v) is 5.42. The first-order chi connectivity index (χ1) is 4.57. The largest absolute Gasteiger partial charge is 0.474 e. The summed E-state index contributed by atoms with van der Waals surface area (Å²) in [5, 5.41) is 10.1. The highest BCUT2D eigenvalue weighted by molar-refractivity contribution is 6.31. The van der Waals surface area contributed by atoms with E-state index >= 15 is 0 Å². The quantitative estimate of drug-likeness (QED) is 0.371. The van der Waals surface area contributed by atoms with Crippen LogP contribution in [0.5, 0.6) is 0 Å². The van der Waals surface area contributed by atoms with Gasteiger partial charge in [0, 0.05) is 0 Å². The Balaban J connectivity index is 3.83. The summed E-state index contributed by atoms with van der Waals surface area (Å²) in [6.07, 6.45) is 4.86. The number of carboxylic acids is 1. The molecule has 0 saturated heterocycles. The summed E-state index contributed by atoms with van der Waals surface area (Å²) in [4.78, 5) is 20.2. The smallest absolute Gasteiger partial charge is 0.394 e. The monoisotopic (exact) mass is 141 g/mol. The van der Waals surface area contributed by atoms with E-state index in [0.717, 1.165) is 0 Å².